The zero-order valence-corrected chi connectivity index (χ0v) is 16.2. The second-order valence-corrected chi connectivity index (χ2v) is 7.91. The van der Waals surface area contributed by atoms with Crippen molar-refractivity contribution in [1.82, 2.24) is 14.7 Å². The highest BCUT2D eigenvalue weighted by Gasteiger charge is 2.48. The number of hydrogen-bond acceptors (Lipinski definition) is 3. The number of carbonyl (C=O) groups is 2. The lowest BCUT2D eigenvalue weighted by atomic mass is 9.81. The van der Waals surface area contributed by atoms with E-state index in [9.17, 15) is 9.59 Å². The van der Waals surface area contributed by atoms with Crippen molar-refractivity contribution in [2.45, 2.75) is 32.2 Å². The van der Waals surface area contributed by atoms with Gasteiger partial charge in [-0.2, -0.15) is 5.10 Å². The summed E-state index contributed by atoms with van der Waals surface area (Å²) in [5.41, 5.74) is 3.63. The number of likely N-dealkylation sites (tertiary alicyclic amines) is 1. The average Bonchev–Trinajstić information content (AvgIpc) is 3.31. The molecule has 29 heavy (non-hydrogen) atoms. The quantitative estimate of drug-likeness (QED) is 0.632. The second kappa shape index (κ2) is 7.32. The van der Waals surface area contributed by atoms with Gasteiger partial charge in [0.2, 0.25) is 11.8 Å². The molecule has 5 rings (SSSR count). The molecular formula is C24H23N3O2. The van der Waals surface area contributed by atoms with Crippen molar-refractivity contribution < 1.29 is 9.59 Å². The van der Waals surface area contributed by atoms with Crippen LogP contribution in [0.2, 0.25) is 0 Å². The van der Waals surface area contributed by atoms with E-state index >= 15 is 0 Å². The molecule has 2 atom stereocenters. The van der Waals surface area contributed by atoms with Crippen LogP contribution in [-0.2, 0) is 16.1 Å². The Morgan fingerprint density at radius 3 is 2.03 bits per heavy atom. The first-order chi connectivity index (χ1) is 14.2. The van der Waals surface area contributed by atoms with Crippen LogP contribution < -0.4 is 0 Å². The van der Waals surface area contributed by atoms with Crippen LogP contribution in [0.3, 0.4) is 0 Å². The molecule has 2 fully saturated rings. The van der Waals surface area contributed by atoms with Crippen molar-refractivity contribution in [3.63, 3.8) is 0 Å². The first-order valence-electron chi connectivity index (χ1n) is 10.3. The molecule has 2 heterocycles. The molecule has 5 nitrogen and oxygen atoms in total. The Morgan fingerprint density at radius 2 is 1.41 bits per heavy atom. The Labute approximate surface area is 170 Å². The number of amides is 2. The monoisotopic (exact) mass is 385 g/mol. The van der Waals surface area contributed by atoms with Crippen LogP contribution in [-0.4, -0.2) is 26.5 Å². The molecule has 1 aliphatic carbocycles. The van der Waals surface area contributed by atoms with E-state index in [4.69, 9.17) is 5.10 Å². The normalized spacial score (nSPS) is 21.4. The van der Waals surface area contributed by atoms with Gasteiger partial charge in [0, 0.05) is 17.3 Å². The predicted molar refractivity (Wildman–Crippen MR) is 110 cm³/mol. The first-order valence-corrected chi connectivity index (χ1v) is 10.3. The largest absolute Gasteiger partial charge is 0.277 e. The lowest BCUT2D eigenvalue weighted by molar-refractivity contribution is -0.140. The highest BCUT2D eigenvalue weighted by atomic mass is 16.2. The van der Waals surface area contributed by atoms with Crippen LogP contribution in [0.1, 0.15) is 31.2 Å². The molecule has 0 radical (unpaired) electrons. The minimum absolute atomic E-state index is 0.00817. The van der Waals surface area contributed by atoms with Crippen LogP contribution in [0, 0.1) is 11.8 Å². The Kier molecular flexibility index (Phi) is 4.51. The van der Waals surface area contributed by atoms with Gasteiger partial charge in [-0.1, -0.05) is 61.4 Å². The average molecular weight is 385 g/mol. The van der Waals surface area contributed by atoms with E-state index in [2.05, 4.69) is 0 Å². The van der Waals surface area contributed by atoms with E-state index in [0.717, 1.165) is 48.2 Å². The van der Waals surface area contributed by atoms with Crippen molar-refractivity contribution in [2.75, 3.05) is 0 Å². The van der Waals surface area contributed by atoms with E-state index in [-0.39, 0.29) is 30.2 Å². The lowest BCUT2D eigenvalue weighted by Gasteiger charge is -2.19. The Morgan fingerprint density at radius 1 is 0.828 bits per heavy atom. The molecule has 2 amide bonds. The second-order valence-electron chi connectivity index (χ2n) is 7.91. The van der Waals surface area contributed by atoms with E-state index in [1.54, 1.807) is 0 Å². The number of rotatable bonds is 4. The fourth-order valence-electron chi connectivity index (χ4n) is 4.63. The van der Waals surface area contributed by atoms with Crippen LogP contribution in [0.5, 0.6) is 0 Å². The minimum Gasteiger partial charge on any atom is -0.277 e. The molecular weight excluding hydrogens is 362 g/mol. The molecule has 1 saturated carbocycles. The van der Waals surface area contributed by atoms with Crippen molar-refractivity contribution in [1.29, 1.82) is 0 Å². The summed E-state index contributed by atoms with van der Waals surface area (Å²) < 4.78 is 1.83. The molecule has 146 valence electrons. The fraction of sp³-hybridized carbons (Fsp3) is 0.292. The summed E-state index contributed by atoms with van der Waals surface area (Å²) in [6, 6.07) is 19.8. The summed E-state index contributed by atoms with van der Waals surface area (Å²) in [5, 5.41) is 4.80. The van der Waals surface area contributed by atoms with E-state index < -0.39 is 0 Å². The van der Waals surface area contributed by atoms with Crippen LogP contribution in [0.4, 0.5) is 0 Å². The Balaban J connectivity index is 1.53. The summed E-state index contributed by atoms with van der Waals surface area (Å²) in [6.45, 7) is 0.279. The number of carbonyl (C=O) groups excluding carboxylic acids is 2. The molecule has 1 aliphatic heterocycles. The van der Waals surface area contributed by atoms with Gasteiger partial charge < -0.3 is 0 Å². The fourth-order valence-corrected chi connectivity index (χ4v) is 4.63. The Bertz CT molecular complexity index is 1020. The number of para-hydroxylation sites is 1. The zero-order chi connectivity index (χ0) is 19.8. The third-order valence-corrected chi connectivity index (χ3v) is 6.12. The molecule has 2 aliphatic rings. The molecule has 3 aromatic rings. The van der Waals surface area contributed by atoms with Gasteiger partial charge in [-0.05, 0) is 25.0 Å². The number of imide groups is 1. The van der Waals surface area contributed by atoms with E-state index in [1.807, 2.05) is 71.5 Å². The maximum atomic E-state index is 13.0. The van der Waals surface area contributed by atoms with Crippen molar-refractivity contribution >= 4 is 11.8 Å². The summed E-state index contributed by atoms with van der Waals surface area (Å²) in [6.07, 6.45) is 5.69. The highest BCUT2D eigenvalue weighted by Crippen LogP contribution is 2.39. The maximum absolute atomic E-state index is 13.0. The van der Waals surface area contributed by atoms with Gasteiger partial charge in [-0.3, -0.25) is 14.5 Å². The van der Waals surface area contributed by atoms with Gasteiger partial charge in [0.05, 0.1) is 29.8 Å². The molecule has 0 bridgehead atoms. The van der Waals surface area contributed by atoms with Crippen molar-refractivity contribution in [2.24, 2.45) is 11.8 Å². The first kappa shape index (κ1) is 17.9. The Hall–Kier alpha value is -3.21. The van der Waals surface area contributed by atoms with Gasteiger partial charge in [0.15, 0.2) is 0 Å². The number of aromatic nitrogens is 2. The van der Waals surface area contributed by atoms with Gasteiger partial charge in [-0.25, -0.2) is 4.68 Å². The summed E-state index contributed by atoms with van der Waals surface area (Å²) >= 11 is 0. The number of nitrogens with zero attached hydrogens (tertiary/aromatic N) is 3. The lowest BCUT2D eigenvalue weighted by Crippen LogP contribution is -2.30. The van der Waals surface area contributed by atoms with Gasteiger partial charge in [-0.15, -0.1) is 0 Å². The predicted octanol–water partition coefficient (Wildman–Crippen LogP) is 4.21. The molecule has 0 N–H and O–H groups in total. The van der Waals surface area contributed by atoms with Gasteiger partial charge in [0.1, 0.15) is 0 Å². The SMILES string of the molecule is O=C1[C@H]2CCCC[C@H]2C(=O)N1Cc1cn(-c2ccccc2)nc1-c1ccccc1. The van der Waals surface area contributed by atoms with E-state index in [1.165, 1.54) is 4.90 Å². The molecule has 1 aromatic heterocycles. The molecule has 0 spiro atoms. The molecule has 0 unspecified atom stereocenters. The van der Waals surface area contributed by atoms with Gasteiger partial charge in [0.25, 0.3) is 0 Å². The summed E-state index contributed by atoms with van der Waals surface area (Å²) in [5.74, 6) is -0.265. The van der Waals surface area contributed by atoms with Crippen molar-refractivity contribution in [3.8, 4) is 16.9 Å². The molecule has 2 aromatic carbocycles. The molecule has 5 heteroatoms. The van der Waals surface area contributed by atoms with Crippen molar-refractivity contribution in [3.05, 3.63) is 72.4 Å². The number of hydrogen-bond donors (Lipinski definition) is 0. The molecule has 1 saturated heterocycles. The zero-order valence-electron chi connectivity index (χ0n) is 16.2. The number of fused-ring (bicyclic) bond motifs is 1. The topological polar surface area (TPSA) is 55.2 Å². The maximum Gasteiger partial charge on any atom is 0.233 e. The smallest absolute Gasteiger partial charge is 0.233 e. The third kappa shape index (κ3) is 3.16. The number of benzene rings is 2. The van der Waals surface area contributed by atoms with Crippen LogP contribution in [0.25, 0.3) is 16.9 Å². The minimum atomic E-state index is -0.124. The summed E-state index contributed by atoms with van der Waals surface area (Å²) in [4.78, 5) is 27.4. The highest BCUT2D eigenvalue weighted by molar-refractivity contribution is 6.05. The van der Waals surface area contributed by atoms with Crippen LogP contribution in [0.15, 0.2) is 66.9 Å². The third-order valence-electron chi connectivity index (χ3n) is 6.12. The standard InChI is InChI=1S/C24H23N3O2/c28-23-20-13-7-8-14-21(20)24(29)26(23)15-18-16-27(19-11-5-2-6-12-19)25-22(18)17-9-3-1-4-10-17/h1-6,9-12,16,20-21H,7-8,13-15H2/t20-,21+. The summed E-state index contributed by atoms with van der Waals surface area (Å²) in [7, 11) is 0. The van der Waals surface area contributed by atoms with Crippen LogP contribution >= 0.6 is 0 Å². The van der Waals surface area contributed by atoms with E-state index in [0.29, 0.717) is 0 Å². The van der Waals surface area contributed by atoms with Gasteiger partial charge >= 0.3 is 0 Å².